The van der Waals surface area contributed by atoms with E-state index in [1.807, 2.05) is 12.1 Å². The van der Waals surface area contributed by atoms with Gasteiger partial charge < -0.3 is 24.6 Å². The summed E-state index contributed by atoms with van der Waals surface area (Å²) in [5.74, 6) is 2.07. The first-order valence-electron chi connectivity index (χ1n) is 6.30. The Hall–Kier alpha value is -1.46. The van der Waals surface area contributed by atoms with Crippen LogP contribution in [0.1, 0.15) is 18.9 Å². The van der Waals surface area contributed by atoms with E-state index < -0.39 is 0 Å². The van der Waals surface area contributed by atoms with Gasteiger partial charge in [-0.15, -0.1) is 0 Å². The lowest BCUT2D eigenvalue weighted by molar-refractivity contribution is 0.183. The van der Waals surface area contributed by atoms with Gasteiger partial charge in [-0.3, -0.25) is 0 Å². The van der Waals surface area contributed by atoms with E-state index in [1.165, 1.54) is 0 Å². The van der Waals surface area contributed by atoms with Crippen LogP contribution in [-0.4, -0.2) is 39.1 Å². The maximum absolute atomic E-state index is 9.20. The standard InChI is InChI=1S/C14H23NO4/c1-10(16)5-6-15-9-11-7-13(18-3)14(19-4)8-12(11)17-2/h7-8,10,15-16H,5-6,9H2,1-4H3. The molecule has 0 aromatic heterocycles. The van der Waals surface area contributed by atoms with Crippen molar-refractivity contribution in [1.82, 2.24) is 5.32 Å². The van der Waals surface area contributed by atoms with Crippen LogP contribution in [0, 0.1) is 0 Å². The van der Waals surface area contributed by atoms with Gasteiger partial charge in [0.25, 0.3) is 0 Å². The Bertz CT molecular complexity index is 393. The molecule has 0 saturated carbocycles. The second-order valence-corrected chi connectivity index (χ2v) is 4.33. The molecule has 0 fully saturated rings. The summed E-state index contributed by atoms with van der Waals surface area (Å²) in [6.45, 7) is 3.17. The molecule has 108 valence electrons. The molecule has 2 N–H and O–H groups in total. The molecule has 0 aliphatic rings. The minimum Gasteiger partial charge on any atom is -0.496 e. The van der Waals surface area contributed by atoms with Crippen LogP contribution in [0.15, 0.2) is 12.1 Å². The number of methoxy groups -OCH3 is 3. The molecule has 1 unspecified atom stereocenters. The lowest BCUT2D eigenvalue weighted by Gasteiger charge is -2.14. The molecule has 0 aliphatic heterocycles. The molecule has 5 nitrogen and oxygen atoms in total. The molecule has 1 aromatic carbocycles. The third-order valence-corrected chi connectivity index (χ3v) is 2.84. The lowest BCUT2D eigenvalue weighted by Crippen LogP contribution is -2.19. The fourth-order valence-corrected chi connectivity index (χ4v) is 1.76. The lowest BCUT2D eigenvalue weighted by atomic mass is 10.1. The SMILES string of the molecule is COc1cc(OC)c(OC)cc1CNCCC(C)O. The summed E-state index contributed by atoms with van der Waals surface area (Å²) in [7, 11) is 4.83. The summed E-state index contributed by atoms with van der Waals surface area (Å²) in [6, 6.07) is 3.71. The summed E-state index contributed by atoms with van der Waals surface area (Å²) in [5, 5.41) is 12.5. The van der Waals surface area contributed by atoms with Crippen LogP contribution in [0.3, 0.4) is 0 Å². The molecule has 1 rings (SSSR count). The van der Waals surface area contributed by atoms with Gasteiger partial charge in [0, 0.05) is 18.2 Å². The smallest absolute Gasteiger partial charge is 0.164 e. The van der Waals surface area contributed by atoms with E-state index in [1.54, 1.807) is 28.3 Å². The maximum atomic E-state index is 9.20. The first-order chi connectivity index (χ1) is 9.12. The zero-order chi connectivity index (χ0) is 14.3. The zero-order valence-corrected chi connectivity index (χ0v) is 12.0. The van der Waals surface area contributed by atoms with Crippen molar-refractivity contribution in [3.8, 4) is 17.2 Å². The van der Waals surface area contributed by atoms with E-state index in [9.17, 15) is 5.11 Å². The van der Waals surface area contributed by atoms with Gasteiger partial charge in [-0.05, 0) is 26.0 Å². The predicted molar refractivity (Wildman–Crippen MR) is 74.1 cm³/mol. The van der Waals surface area contributed by atoms with Crippen molar-refractivity contribution in [3.05, 3.63) is 17.7 Å². The minimum absolute atomic E-state index is 0.292. The Kier molecular flexibility index (Phi) is 6.45. The van der Waals surface area contributed by atoms with Crippen molar-refractivity contribution in [1.29, 1.82) is 0 Å². The van der Waals surface area contributed by atoms with E-state index in [2.05, 4.69) is 5.32 Å². The average Bonchev–Trinajstić information content (AvgIpc) is 2.42. The first kappa shape index (κ1) is 15.6. The summed E-state index contributed by atoms with van der Waals surface area (Å²) in [6.07, 6.45) is 0.426. The maximum Gasteiger partial charge on any atom is 0.164 e. The fourth-order valence-electron chi connectivity index (χ4n) is 1.76. The van der Waals surface area contributed by atoms with Gasteiger partial charge in [-0.25, -0.2) is 0 Å². The highest BCUT2D eigenvalue weighted by molar-refractivity contribution is 5.50. The predicted octanol–water partition coefficient (Wildman–Crippen LogP) is 1.57. The van der Waals surface area contributed by atoms with Gasteiger partial charge in [-0.2, -0.15) is 0 Å². The van der Waals surface area contributed by atoms with Crippen molar-refractivity contribution in [2.24, 2.45) is 0 Å². The molecular formula is C14H23NO4. The number of aliphatic hydroxyl groups excluding tert-OH is 1. The summed E-state index contributed by atoms with van der Waals surface area (Å²) in [5.41, 5.74) is 0.991. The molecule has 19 heavy (non-hydrogen) atoms. The van der Waals surface area contributed by atoms with Crippen molar-refractivity contribution in [3.63, 3.8) is 0 Å². The highest BCUT2D eigenvalue weighted by Gasteiger charge is 2.11. The summed E-state index contributed by atoms with van der Waals surface area (Å²) >= 11 is 0. The topological polar surface area (TPSA) is 60.0 Å². The second-order valence-electron chi connectivity index (χ2n) is 4.33. The molecule has 0 heterocycles. The van der Waals surface area contributed by atoms with E-state index in [-0.39, 0.29) is 6.10 Å². The van der Waals surface area contributed by atoms with Crippen LogP contribution >= 0.6 is 0 Å². The Morgan fingerprint density at radius 2 is 1.63 bits per heavy atom. The Morgan fingerprint density at radius 1 is 1.05 bits per heavy atom. The van der Waals surface area contributed by atoms with Crippen molar-refractivity contribution in [2.75, 3.05) is 27.9 Å². The highest BCUT2D eigenvalue weighted by atomic mass is 16.5. The largest absolute Gasteiger partial charge is 0.496 e. The third kappa shape index (κ3) is 4.61. The van der Waals surface area contributed by atoms with Crippen molar-refractivity contribution < 1.29 is 19.3 Å². The van der Waals surface area contributed by atoms with Gasteiger partial charge in [-0.1, -0.05) is 0 Å². The number of ether oxygens (including phenoxy) is 3. The molecule has 0 spiro atoms. The molecule has 1 aromatic rings. The molecule has 0 saturated heterocycles. The molecule has 0 bridgehead atoms. The highest BCUT2D eigenvalue weighted by Crippen LogP contribution is 2.34. The monoisotopic (exact) mass is 269 g/mol. The second kappa shape index (κ2) is 7.86. The van der Waals surface area contributed by atoms with Crippen molar-refractivity contribution >= 4 is 0 Å². The van der Waals surface area contributed by atoms with Crippen LogP contribution < -0.4 is 19.5 Å². The van der Waals surface area contributed by atoms with E-state index in [4.69, 9.17) is 14.2 Å². The fraction of sp³-hybridized carbons (Fsp3) is 0.571. The quantitative estimate of drug-likeness (QED) is 0.702. The number of aliphatic hydroxyl groups is 1. The molecular weight excluding hydrogens is 246 g/mol. The normalized spacial score (nSPS) is 12.1. The number of nitrogens with one attached hydrogen (secondary N) is 1. The van der Waals surface area contributed by atoms with Crippen molar-refractivity contribution in [2.45, 2.75) is 26.0 Å². The van der Waals surface area contributed by atoms with Crippen LogP contribution in [0.4, 0.5) is 0 Å². The van der Waals surface area contributed by atoms with E-state index >= 15 is 0 Å². The Balaban J connectivity index is 2.75. The summed E-state index contributed by atoms with van der Waals surface area (Å²) < 4.78 is 15.8. The first-order valence-corrected chi connectivity index (χ1v) is 6.30. The van der Waals surface area contributed by atoms with E-state index in [0.29, 0.717) is 18.0 Å². The average molecular weight is 269 g/mol. The van der Waals surface area contributed by atoms with Crippen LogP contribution in [0.2, 0.25) is 0 Å². The van der Waals surface area contributed by atoms with Gasteiger partial charge in [0.15, 0.2) is 11.5 Å². The minimum atomic E-state index is -0.292. The van der Waals surface area contributed by atoms with E-state index in [0.717, 1.165) is 24.3 Å². The molecule has 1 atom stereocenters. The zero-order valence-electron chi connectivity index (χ0n) is 12.0. The van der Waals surface area contributed by atoms with Gasteiger partial charge in [0.2, 0.25) is 0 Å². The van der Waals surface area contributed by atoms with Gasteiger partial charge in [0.05, 0.1) is 27.4 Å². The van der Waals surface area contributed by atoms with Crippen LogP contribution in [0.25, 0.3) is 0 Å². The van der Waals surface area contributed by atoms with Gasteiger partial charge >= 0.3 is 0 Å². The number of rotatable bonds is 8. The van der Waals surface area contributed by atoms with Gasteiger partial charge in [0.1, 0.15) is 5.75 Å². The molecule has 0 aliphatic carbocycles. The molecule has 5 heteroatoms. The molecule has 0 amide bonds. The Morgan fingerprint density at radius 3 is 2.16 bits per heavy atom. The number of hydrogen-bond acceptors (Lipinski definition) is 5. The number of hydrogen-bond donors (Lipinski definition) is 2. The van der Waals surface area contributed by atoms with Crippen LogP contribution in [-0.2, 0) is 6.54 Å². The third-order valence-electron chi connectivity index (χ3n) is 2.84. The molecule has 0 radical (unpaired) electrons. The Labute approximate surface area is 114 Å². The number of benzene rings is 1. The van der Waals surface area contributed by atoms with Crippen LogP contribution in [0.5, 0.6) is 17.2 Å². The summed E-state index contributed by atoms with van der Waals surface area (Å²) in [4.78, 5) is 0.